The molecule has 0 aliphatic rings. The lowest BCUT2D eigenvalue weighted by Crippen LogP contribution is -2.06. The molecule has 0 saturated carbocycles. The van der Waals surface area contributed by atoms with Crippen LogP contribution < -0.4 is 4.74 Å². The second kappa shape index (κ2) is 6.24. The van der Waals surface area contributed by atoms with Crippen molar-refractivity contribution in [3.63, 3.8) is 0 Å². The van der Waals surface area contributed by atoms with Crippen molar-refractivity contribution >= 4 is 34.2 Å². The molecule has 0 bridgehead atoms. The van der Waals surface area contributed by atoms with E-state index in [1.165, 1.54) is 6.07 Å². The van der Waals surface area contributed by atoms with Gasteiger partial charge in [-0.1, -0.05) is 23.2 Å². The first-order valence-electron chi connectivity index (χ1n) is 6.76. The van der Waals surface area contributed by atoms with Crippen molar-refractivity contribution in [1.82, 2.24) is 9.97 Å². The largest absolute Gasteiger partial charge is 0.456 e. The summed E-state index contributed by atoms with van der Waals surface area (Å²) in [7, 11) is 0. The number of aromatic nitrogens is 2. The summed E-state index contributed by atoms with van der Waals surface area (Å²) in [5, 5.41) is -0.632. The summed E-state index contributed by atoms with van der Waals surface area (Å²) in [6, 6.07) is 5.04. The van der Waals surface area contributed by atoms with Crippen molar-refractivity contribution in [2.75, 3.05) is 0 Å². The molecule has 3 rings (SSSR count). The van der Waals surface area contributed by atoms with Crippen LogP contribution in [-0.4, -0.2) is 9.97 Å². The third-order valence-corrected chi connectivity index (χ3v) is 3.90. The first kappa shape index (κ1) is 18.7. The average molecular weight is 415 g/mol. The number of nitrogens with zero attached hydrogens (tertiary/aromatic N) is 1. The molecular formula is C15H6Cl2F6N2O. The summed E-state index contributed by atoms with van der Waals surface area (Å²) in [6.07, 6.45) is -9.39. The van der Waals surface area contributed by atoms with Crippen LogP contribution in [0.3, 0.4) is 0 Å². The molecule has 1 heterocycles. The van der Waals surface area contributed by atoms with E-state index in [0.717, 1.165) is 18.2 Å². The third kappa shape index (κ3) is 3.68. The van der Waals surface area contributed by atoms with Crippen molar-refractivity contribution in [3.8, 4) is 11.5 Å². The summed E-state index contributed by atoms with van der Waals surface area (Å²) in [5.41, 5.74) is -1.23. The SMILES string of the molecule is FC(F)(F)c1nc2cc(Oc3ccc(Cl)c(C(F)(F)F)c3)c(Cl)cc2[nH]1. The highest BCUT2D eigenvalue weighted by molar-refractivity contribution is 6.32. The minimum atomic E-state index is -4.70. The van der Waals surface area contributed by atoms with Crippen LogP contribution >= 0.6 is 23.2 Å². The molecule has 0 fully saturated rings. The fourth-order valence-electron chi connectivity index (χ4n) is 2.14. The van der Waals surface area contributed by atoms with Crippen LogP contribution in [0.1, 0.15) is 11.4 Å². The first-order chi connectivity index (χ1) is 11.9. The average Bonchev–Trinajstić information content (AvgIpc) is 2.91. The van der Waals surface area contributed by atoms with Gasteiger partial charge in [-0.2, -0.15) is 26.3 Å². The molecule has 3 nitrogen and oxygen atoms in total. The Morgan fingerprint density at radius 3 is 2.19 bits per heavy atom. The zero-order valence-corrected chi connectivity index (χ0v) is 13.8. The summed E-state index contributed by atoms with van der Waals surface area (Å²) < 4.78 is 82.0. The van der Waals surface area contributed by atoms with Crippen LogP contribution in [0.15, 0.2) is 30.3 Å². The number of H-pyrrole nitrogens is 1. The van der Waals surface area contributed by atoms with E-state index < -0.39 is 28.8 Å². The van der Waals surface area contributed by atoms with Gasteiger partial charge >= 0.3 is 12.4 Å². The number of halogens is 8. The van der Waals surface area contributed by atoms with Gasteiger partial charge in [0.25, 0.3) is 0 Å². The molecule has 0 unspecified atom stereocenters. The van der Waals surface area contributed by atoms with E-state index in [1.807, 2.05) is 0 Å². The van der Waals surface area contributed by atoms with Crippen LogP contribution in [-0.2, 0) is 12.4 Å². The van der Waals surface area contributed by atoms with Gasteiger partial charge in [0.15, 0.2) is 0 Å². The van der Waals surface area contributed by atoms with Gasteiger partial charge in [-0.15, -0.1) is 0 Å². The van der Waals surface area contributed by atoms with E-state index >= 15 is 0 Å². The monoisotopic (exact) mass is 414 g/mol. The maximum atomic E-state index is 12.9. The van der Waals surface area contributed by atoms with Gasteiger partial charge in [-0.05, 0) is 24.3 Å². The number of fused-ring (bicyclic) bond motifs is 1. The normalized spacial score (nSPS) is 12.6. The fourth-order valence-corrected chi connectivity index (χ4v) is 2.56. The molecule has 0 aliphatic carbocycles. The van der Waals surface area contributed by atoms with Crippen LogP contribution in [0.2, 0.25) is 10.0 Å². The first-order valence-corrected chi connectivity index (χ1v) is 7.52. The lowest BCUT2D eigenvalue weighted by molar-refractivity contribution is -0.144. The minimum Gasteiger partial charge on any atom is -0.456 e. The highest BCUT2D eigenvalue weighted by Gasteiger charge is 2.35. The molecule has 0 amide bonds. The molecule has 1 aromatic heterocycles. The van der Waals surface area contributed by atoms with Gasteiger partial charge in [0.2, 0.25) is 5.82 Å². The summed E-state index contributed by atoms with van der Waals surface area (Å²) in [6.45, 7) is 0. The second-order valence-electron chi connectivity index (χ2n) is 5.12. The van der Waals surface area contributed by atoms with Crippen molar-refractivity contribution in [1.29, 1.82) is 0 Å². The Morgan fingerprint density at radius 1 is 0.885 bits per heavy atom. The van der Waals surface area contributed by atoms with Crippen molar-refractivity contribution in [2.24, 2.45) is 0 Å². The van der Waals surface area contributed by atoms with Crippen LogP contribution in [0.25, 0.3) is 11.0 Å². The van der Waals surface area contributed by atoms with Gasteiger partial charge in [0, 0.05) is 6.07 Å². The zero-order valence-electron chi connectivity index (χ0n) is 12.3. The van der Waals surface area contributed by atoms with E-state index in [-0.39, 0.29) is 27.6 Å². The molecule has 138 valence electrons. The quantitative estimate of drug-likeness (QED) is 0.473. The summed E-state index contributed by atoms with van der Waals surface area (Å²) >= 11 is 11.5. The Bertz CT molecular complexity index is 981. The Labute approximate surface area is 151 Å². The van der Waals surface area contributed by atoms with Gasteiger partial charge in [0.1, 0.15) is 11.5 Å². The molecule has 1 N–H and O–H groups in total. The van der Waals surface area contributed by atoms with Crippen molar-refractivity contribution in [2.45, 2.75) is 12.4 Å². The lowest BCUT2D eigenvalue weighted by Gasteiger charge is -2.12. The molecule has 2 aromatic carbocycles. The fraction of sp³-hybridized carbons (Fsp3) is 0.133. The molecule has 0 saturated heterocycles. The number of aromatic amines is 1. The van der Waals surface area contributed by atoms with Crippen LogP contribution in [0.4, 0.5) is 26.3 Å². The highest BCUT2D eigenvalue weighted by Crippen LogP contribution is 2.39. The molecule has 11 heteroatoms. The topological polar surface area (TPSA) is 37.9 Å². The maximum absolute atomic E-state index is 12.9. The van der Waals surface area contributed by atoms with Crippen molar-refractivity contribution < 1.29 is 31.1 Å². The standard InChI is InChI=1S/C15H6Cl2F6N2O/c16-8-2-1-6(3-7(8)14(18,19)20)26-12-5-11-10(4-9(12)17)24-13(25-11)15(21,22)23/h1-5H,(H,24,25). The summed E-state index contributed by atoms with van der Waals surface area (Å²) in [5.74, 6) is -1.63. The number of hydrogen-bond acceptors (Lipinski definition) is 2. The predicted octanol–water partition coefficient (Wildman–Crippen LogP) is 6.70. The number of rotatable bonds is 2. The lowest BCUT2D eigenvalue weighted by atomic mass is 10.2. The van der Waals surface area contributed by atoms with E-state index in [9.17, 15) is 26.3 Å². The Morgan fingerprint density at radius 2 is 1.58 bits per heavy atom. The van der Waals surface area contributed by atoms with Crippen LogP contribution in [0, 0.1) is 0 Å². The number of ether oxygens (including phenoxy) is 1. The minimum absolute atomic E-state index is 0.00163. The number of alkyl halides is 6. The van der Waals surface area contributed by atoms with Gasteiger partial charge < -0.3 is 9.72 Å². The van der Waals surface area contributed by atoms with Crippen molar-refractivity contribution in [3.05, 3.63) is 51.8 Å². The highest BCUT2D eigenvalue weighted by atomic mass is 35.5. The summed E-state index contributed by atoms with van der Waals surface area (Å²) in [4.78, 5) is 5.44. The Balaban J connectivity index is 2.00. The predicted molar refractivity (Wildman–Crippen MR) is 82.6 cm³/mol. The maximum Gasteiger partial charge on any atom is 0.449 e. The zero-order chi connectivity index (χ0) is 19.3. The van der Waals surface area contributed by atoms with E-state index in [0.29, 0.717) is 6.07 Å². The van der Waals surface area contributed by atoms with Crippen LogP contribution in [0.5, 0.6) is 11.5 Å². The Kier molecular flexibility index (Phi) is 4.48. The number of hydrogen-bond donors (Lipinski definition) is 1. The third-order valence-electron chi connectivity index (χ3n) is 3.28. The van der Waals surface area contributed by atoms with Gasteiger partial charge in [0.05, 0.1) is 26.6 Å². The Hall–Kier alpha value is -2.13. The molecule has 3 aromatic rings. The molecule has 0 aliphatic heterocycles. The molecule has 0 atom stereocenters. The molecule has 26 heavy (non-hydrogen) atoms. The smallest absolute Gasteiger partial charge is 0.449 e. The van der Waals surface area contributed by atoms with E-state index in [1.54, 1.807) is 0 Å². The number of imidazole rings is 1. The molecular weight excluding hydrogens is 409 g/mol. The van der Waals surface area contributed by atoms with E-state index in [4.69, 9.17) is 27.9 Å². The van der Waals surface area contributed by atoms with Gasteiger partial charge in [-0.25, -0.2) is 4.98 Å². The number of benzene rings is 2. The second-order valence-corrected chi connectivity index (χ2v) is 5.94. The molecule has 0 radical (unpaired) electrons. The van der Waals surface area contributed by atoms with Gasteiger partial charge in [-0.3, -0.25) is 0 Å². The number of nitrogens with one attached hydrogen (secondary N) is 1. The molecule has 0 spiro atoms. The van der Waals surface area contributed by atoms with E-state index in [2.05, 4.69) is 9.97 Å².